The zero-order valence-corrected chi connectivity index (χ0v) is 21.4. The van der Waals surface area contributed by atoms with Crippen LogP contribution in [0.1, 0.15) is 34.3 Å². The van der Waals surface area contributed by atoms with Gasteiger partial charge in [-0.05, 0) is 55.2 Å². The molecule has 36 heavy (non-hydrogen) atoms. The Morgan fingerprint density at radius 3 is 2.44 bits per heavy atom. The van der Waals surface area contributed by atoms with E-state index >= 15 is 0 Å². The van der Waals surface area contributed by atoms with E-state index in [1.807, 2.05) is 25.1 Å². The Hall–Kier alpha value is -3.05. The van der Waals surface area contributed by atoms with Gasteiger partial charge in [-0.2, -0.15) is 0 Å². The lowest BCUT2D eigenvalue weighted by Crippen LogP contribution is -2.46. The molecule has 3 N–H and O–H groups in total. The number of primary sulfonamides is 1. The third kappa shape index (κ3) is 5.22. The van der Waals surface area contributed by atoms with Crippen LogP contribution in [0, 0.1) is 12.7 Å². The first-order chi connectivity index (χ1) is 17.0. The molecule has 1 saturated heterocycles. The lowest BCUT2D eigenvalue weighted by molar-refractivity contribution is -0.0575. The lowest BCUT2D eigenvalue weighted by Gasteiger charge is -2.41. The highest BCUT2D eigenvalue weighted by atomic mass is 35.5. The van der Waals surface area contributed by atoms with Gasteiger partial charge in [0.2, 0.25) is 0 Å². The van der Waals surface area contributed by atoms with Crippen LogP contribution < -0.4 is 10.5 Å². The van der Waals surface area contributed by atoms with Crippen LogP contribution in [-0.4, -0.2) is 44.4 Å². The van der Waals surface area contributed by atoms with Gasteiger partial charge in [0.05, 0.1) is 16.9 Å². The van der Waals surface area contributed by atoms with Gasteiger partial charge in [-0.15, -0.1) is 0 Å². The Bertz CT molecular complexity index is 1390. The van der Waals surface area contributed by atoms with Gasteiger partial charge in [-0.3, -0.25) is 4.79 Å². The summed E-state index contributed by atoms with van der Waals surface area (Å²) in [6.07, 6.45) is 2.14. The van der Waals surface area contributed by atoms with Crippen LogP contribution >= 0.6 is 11.6 Å². The van der Waals surface area contributed by atoms with Gasteiger partial charge in [0.25, 0.3) is 15.9 Å². The molecule has 8 nitrogen and oxygen atoms in total. The van der Waals surface area contributed by atoms with Gasteiger partial charge in [0.1, 0.15) is 10.8 Å². The molecule has 1 aliphatic rings. The molecule has 0 radical (unpaired) electrons. The van der Waals surface area contributed by atoms with Crippen molar-refractivity contribution < 1.29 is 22.3 Å². The number of nitrogens with zero attached hydrogens (tertiary/aromatic N) is 2. The number of rotatable bonds is 6. The monoisotopic (exact) mass is 532 g/mol. The van der Waals surface area contributed by atoms with E-state index < -0.39 is 20.7 Å². The summed E-state index contributed by atoms with van der Waals surface area (Å²) in [5.41, 5.74) is 1.97. The molecule has 1 amide bonds. The van der Waals surface area contributed by atoms with Crippen molar-refractivity contribution in [2.24, 2.45) is 5.14 Å². The van der Waals surface area contributed by atoms with E-state index in [0.29, 0.717) is 31.6 Å². The molecule has 190 valence electrons. The molecule has 0 atom stereocenters. The van der Waals surface area contributed by atoms with Crippen molar-refractivity contribution in [2.45, 2.75) is 30.4 Å². The van der Waals surface area contributed by atoms with Crippen LogP contribution in [-0.2, 0) is 20.4 Å². The average Bonchev–Trinajstić information content (AvgIpc) is 2.84. The third-order valence-electron chi connectivity index (χ3n) is 6.39. The molecule has 0 aliphatic carbocycles. The molecule has 11 heteroatoms. The number of likely N-dealkylation sites (tertiary alicyclic amines) is 1. The van der Waals surface area contributed by atoms with E-state index in [4.69, 9.17) is 21.5 Å². The number of methoxy groups -OCH3 is 1. The molecule has 1 aromatic heterocycles. The number of carbonyl (C=O) groups excluding carboxylic acids is 1. The minimum absolute atomic E-state index is 0.105. The molecule has 3 aromatic rings. The number of aryl methyl sites for hydroxylation is 1. The first-order valence-corrected chi connectivity index (χ1v) is 13.1. The van der Waals surface area contributed by atoms with E-state index in [1.54, 1.807) is 30.2 Å². The summed E-state index contributed by atoms with van der Waals surface area (Å²) >= 11 is 6.43. The highest BCUT2D eigenvalue weighted by Crippen LogP contribution is 2.38. The van der Waals surface area contributed by atoms with Crippen molar-refractivity contribution in [1.29, 1.82) is 0 Å². The number of pyridine rings is 1. The fraction of sp³-hybridized carbons (Fsp3) is 0.280. The number of nitrogens with one attached hydrogen (secondary N) is 1. The second-order valence-electron chi connectivity index (χ2n) is 8.70. The Kier molecular flexibility index (Phi) is 7.33. The number of piperidine rings is 1. The van der Waals surface area contributed by atoms with Gasteiger partial charge in [-0.1, -0.05) is 35.9 Å². The summed E-state index contributed by atoms with van der Waals surface area (Å²) in [6, 6.07) is 13.5. The highest BCUT2D eigenvalue weighted by molar-refractivity contribution is 7.89. The summed E-state index contributed by atoms with van der Waals surface area (Å²) in [4.78, 5) is 19.1. The number of halogens is 2. The van der Waals surface area contributed by atoms with Crippen LogP contribution in [0.2, 0.25) is 5.02 Å². The number of hydrogen-bond acceptors (Lipinski definition) is 6. The van der Waals surface area contributed by atoms with Gasteiger partial charge in [0.15, 0.2) is 5.03 Å². The van der Waals surface area contributed by atoms with Crippen LogP contribution in [0.25, 0.3) is 0 Å². The molecular weight excluding hydrogens is 507 g/mol. The van der Waals surface area contributed by atoms with Gasteiger partial charge < -0.3 is 15.0 Å². The highest BCUT2D eigenvalue weighted by Gasteiger charge is 2.38. The molecule has 0 saturated carbocycles. The zero-order valence-electron chi connectivity index (χ0n) is 19.8. The molecule has 1 aliphatic heterocycles. The fourth-order valence-corrected chi connectivity index (χ4v) is 5.50. The standard InChI is InChI=1S/C25H26ClFN4O4S/c1-16-4-3-5-19(14-16)30-22-20(15-29-23(21(22)26)36(28,33)34)24(32)31-12-10-25(35-2,11-13-31)17-6-8-18(27)9-7-17/h3-9,14-15H,10-13H2,1-2H3,(H,29,30)(H2,28,33,34). The van der Waals surface area contributed by atoms with Crippen LogP contribution in [0.5, 0.6) is 0 Å². The summed E-state index contributed by atoms with van der Waals surface area (Å²) in [5.74, 6) is -0.706. The van der Waals surface area contributed by atoms with Crippen molar-refractivity contribution in [3.05, 3.63) is 82.3 Å². The first-order valence-electron chi connectivity index (χ1n) is 11.2. The quantitative estimate of drug-likeness (QED) is 0.488. The Morgan fingerprint density at radius 2 is 1.86 bits per heavy atom. The fourth-order valence-electron chi connectivity index (χ4n) is 4.43. The predicted octanol–water partition coefficient (Wildman–Crippen LogP) is 4.35. The number of amides is 1. The molecule has 0 bridgehead atoms. The minimum atomic E-state index is -4.23. The summed E-state index contributed by atoms with van der Waals surface area (Å²) < 4.78 is 43.3. The average molecular weight is 533 g/mol. The smallest absolute Gasteiger partial charge is 0.257 e. The second-order valence-corrected chi connectivity index (χ2v) is 10.6. The molecule has 2 aromatic carbocycles. The Morgan fingerprint density at radius 1 is 1.19 bits per heavy atom. The topological polar surface area (TPSA) is 115 Å². The van der Waals surface area contributed by atoms with Crippen molar-refractivity contribution in [2.75, 3.05) is 25.5 Å². The maximum Gasteiger partial charge on any atom is 0.257 e. The lowest BCUT2D eigenvalue weighted by atomic mass is 9.84. The van der Waals surface area contributed by atoms with E-state index in [1.165, 1.54) is 18.3 Å². The third-order valence-corrected chi connectivity index (χ3v) is 7.72. The van der Waals surface area contributed by atoms with Crippen LogP contribution in [0.3, 0.4) is 0 Å². The van der Waals surface area contributed by atoms with Gasteiger partial charge in [-0.25, -0.2) is 22.9 Å². The molecule has 0 unspecified atom stereocenters. The number of benzene rings is 2. The summed E-state index contributed by atoms with van der Waals surface area (Å²) in [6.45, 7) is 2.60. The van der Waals surface area contributed by atoms with Crippen molar-refractivity contribution in [3.8, 4) is 0 Å². The molecular formula is C25H26ClFN4O4S. The van der Waals surface area contributed by atoms with Gasteiger partial charge in [0, 0.05) is 32.1 Å². The number of carbonyl (C=O) groups is 1. The van der Waals surface area contributed by atoms with E-state index in [9.17, 15) is 17.6 Å². The number of hydrogen-bond donors (Lipinski definition) is 2. The second kappa shape index (κ2) is 10.1. The number of anilines is 2. The zero-order chi connectivity index (χ0) is 26.1. The Balaban J connectivity index is 1.65. The summed E-state index contributed by atoms with van der Waals surface area (Å²) in [7, 11) is -2.63. The van der Waals surface area contributed by atoms with Crippen LogP contribution in [0.4, 0.5) is 15.8 Å². The van der Waals surface area contributed by atoms with Crippen molar-refractivity contribution in [3.63, 3.8) is 0 Å². The molecule has 1 fully saturated rings. The maximum absolute atomic E-state index is 13.6. The van der Waals surface area contributed by atoms with E-state index in [2.05, 4.69) is 10.3 Å². The van der Waals surface area contributed by atoms with Crippen molar-refractivity contribution >= 4 is 38.9 Å². The number of sulfonamides is 1. The largest absolute Gasteiger partial charge is 0.373 e. The number of aromatic nitrogens is 1. The van der Waals surface area contributed by atoms with Gasteiger partial charge >= 0.3 is 0 Å². The van der Waals surface area contributed by atoms with Crippen molar-refractivity contribution in [1.82, 2.24) is 9.88 Å². The Labute approximate surface area is 214 Å². The SMILES string of the molecule is COC1(c2ccc(F)cc2)CCN(C(=O)c2cnc(S(N)(=O)=O)c(Cl)c2Nc2cccc(C)c2)CC1. The minimum Gasteiger partial charge on any atom is -0.373 e. The molecule has 0 spiro atoms. The summed E-state index contributed by atoms with van der Waals surface area (Å²) in [5, 5.41) is 7.57. The number of nitrogens with two attached hydrogens (primary N) is 1. The predicted molar refractivity (Wildman–Crippen MR) is 135 cm³/mol. The first kappa shape index (κ1) is 26.0. The van der Waals surface area contributed by atoms with E-state index in [-0.39, 0.29) is 28.0 Å². The normalized spacial score (nSPS) is 15.5. The van der Waals surface area contributed by atoms with Crippen LogP contribution in [0.15, 0.2) is 59.8 Å². The van der Waals surface area contributed by atoms with E-state index in [0.717, 1.165) is 11.1 Å². The molecule has 4 rings (SSSR count). The maximum atomic E-state index is 13.6. The number of ether oxygens (including phenoxy) is 1. The molecule has 2 heterocycles.